The highest BCUT2D eigenvalue weighted by Crippen LogP contribution is 2.32. The normalized spacial score (nSPS) is 14.5. The fourth-order valence-corrected chi connectivity index (χ4v) is 2.30. The summed E-state index contributed by atoms with van der Waals surface area (Å²) in [6.07, 6.45) is 0. The Morgan fingerprint density at radius 3 is 2.21 bits per heavy atom. The number of carboxylic acid groups (broad SMARTS) is 1. The summed E-state index contributed by atoms with van der Waals surface area (Å²) in [5.41, 5.74) is -1.57. The van der Waals surface area contributed by atoms with Gasteiger partial charge in [-0.3, -0.25) is 4.90 Å². The van der Waals surface area contributed by atoms with Crippen molar-refractivity contribution in [1.29, 1.82) is 0 Å². The molecule has 106 valence electrons. The summed E-state index contributed by atoms with van der Waals surface area (Å²) in [5.74, 6) is -2.50. The highest BCUT2D eigenvalue weighted by atomic mass is 19.1. The molecule has 1 aromatic rings. The lowest BCUT2D eigenvalue weighted by atomic mass is 9.88. The Labute approximate surface area is 111 Å². The molecule has 1 unspecified atom stereocenters. The van der Waals surface area contributed by atoms with Crippen molar-refractivity contribution >= 4 is 5.97 Å². The van der Waals surface area contributed by atoms with Crippen molar-refractivity contribution in [1.82, 2.24) is 4.90 Å². The van der Waals surface area contributed by atoms with Gasteiger partial charge in [-0.15, -0.1) is 0 Å². The molecule has 1 aromatic carbocycles. The molecule has 0 aromatic heterocycles. The zero-order valence-corrected chi connectivity index (χ0v) is 11.6. The van der Waals surface area contributed by atoms with Crippen molar-refractivity contribution in [3.63, 3.8) is 0 Å². The maximum atomic E-state index is 14.1. The fraction of sp³-hybridized carbons (Fsp3) is 0.500. The first-order valence-corrected chi connectivity index (χ1v) is 6.23. The molecule has 1 N–H and O–H groups in total. The topological polar surface area (TPSA) is 40.5 Å². The molecule has 0 heterocycles. The quantitative estimate of drug-likeness (QED) is 0.895. The number of carbonyl (C=O) groups is 1. The van der Waals surface area contributed by atoms with Gasteiger partial charge in [-0.25, -0.2) is 13.6 Å². The molecule has 0 amide bonds. The van der Waals surface area contributed by atoms with Crippen LogP contribution in [0.2, 0.25) is 0 Å². The third kappa shape index (κ3) is 2.61. The van der Waals surface area contributed by atoms with Crippen LogP contribution in [-0.4, -0.2) is 29.1 Å². The Morgan fingerprint density at radius 2 is 1.79 bits per heavy atom. The molecule has 0 radical (unpaired) electrons. The molecule has 0 bridgehead atoms. The van der Waals surface area contributed by atoms with E-state index in [2.05, 4.69) is 0 Å². The van der Waals surface area contributed by atoms with Gasteiger partial charge >= 0.3 is 5.97 Å². The van der Waals surface area contributed by atoms with E-state index in [0.717, 1.165) is 12.1 Å². The molecule has 0 saturated carbocycles. The molecule has 1 atom stereocenters. The second-order valence-corrected chi connectivity index (χ2v) is 4.63. The maximum absolute atomic E-state index is 14.1. The molecule has 1 rings (SSSR count). The average molecular weight is 271 g/mol. The van der Waals surface area contributed by atoms with Crippen molar-refractivity contribution in [3.05, 3.63) is 34.9 Å². The van der Waals surface area contributed by atoms with Gasteiger partial charge in [-0.05, 0) is 44.6 Å². The second kappa shape index (κ2) is 5.65. The molecule has 0 aliphatic carbocycles. The van der Waals surface area contributed by atoms with E-state index in [1.54, 1.807) is 18.7 Å². The molecule has 19 heavy (non-hydrogen) atoms. The Morgan fingerprint density at radius 1 is 1.26 bits per heavy atom. The van der Waals surface area contributed by atoms with Gasteiger partial charge in [0.2, 0.25) is 0 Å². The predicted molar refractivity (Wildman–Crippen MR) is 69.0 cm³/mol. The number of rotatable bonds is 5. The second-order valence-electron chi connectivity index (χ2n) is 4.63. The number of aliphatic carboxylic acids is 1. The van der Waals surface area contributed by atoms with Gasteiger partial charge in [0.05, 0.1) is 0 Å². The van der Waals surface area contributed by atoms with E-state index in [1.807, 2.05) is 0 Å². The van der Waals surface area contributed by atoms with Crippen LogP contribution in [0.25, 0.3) is 0 Å². The summed E-state index contributed by atoms with van der Waals surface area (Å²) in [5, 5.41) is 9.47. The van der Waals surface area contributed by atoms with Crippen LogP contribution in [0, 0.1) is 18.6 Å². The average Bonchev–Trinajstić information content (AvgIpc) is 2.34. The molecular weight excluding hydrogens is 252 g/mol. The first kappa shape index (κ1) is 15.6. The maximum Gasteiger partial charge on any atom is 0.328 e. The first-order chi connectivity index (χ1) is 8.78. The number of hydrogen-bond donors (Lipinski definition) is 1. The molecule has 0 aliphatic heterocycles. The molecule has 5 heteroatoms. The summed E-state index contributed by atoms with van der Waals surface area (Å²) in [6, 6.07) is 2.02. The Bertz CT molecular complexity index is 487. The highest BCUT2D eigenvalue weighted by Gasteiger charge is 2.42. The van der Waals surface area contributed by atoms with Gasteiger partial charge in [-0.1, -0.05) is 13.8 Å². The van der Waals surface area contributed by atoms with E-state index in [-0.39, 0.29) is 11.1 Å². The number of hydrogen-bond acceptors (Lipinski definition) is 2. The van der Waals surface area contributed by atoms with Gasteiger partial charge in [0.25, 0.3) is 0 Å². The van der Waals surface area contributed by atoms with Gasteiger partial charge < -0.3 is 5.11 Å². The summed E-state index contributed by atoms with van der Waals surface area (Å²) in [4.78, 5) is 13.2. The number of likely N-dealkylation sites (N-methyl/N-ethyl adjacent to an activating group) is 1. The minimum atomic E-state index is -1.58. The van der Waals surface area contributed by atoms with Gasteiger partial charge in [0, 0.05) is 5.56 Å². The zero-order chi connectivity index (χ0) is 14.8. The van der Waals surface area contributed by atoms with Crippen LogP contribution in [0.4, 0.5) is 8.78 Å². The van der Waals surface area contributed by atoms with Crippen LogP contribution in [0.3, 0.4) is 0 Å². The van der Waals surface area contributed by atoms with Gasteiger partial charge in [0.1, 0.15) is 17.2 Å². The van der Waals surface area contributed by atoms with Crippen molar-refractivity contribution in [3.8, 4) is 0 Å². The zero-order valence-electron chi connectivity index (χ0n) is 11.6. The standard InChI is InChI=1S/C14H19F2NO2/c1-5-17(6-2)14(4,13(18)19)10-8-11(15)9(3)7-12(10)16/h7-8H,5-6H2,1-4H3,(H,18,19). The third-order valence-corrected chi connectivity index (χ3v) is 3.59. The lowest BCUT2D eigenvalue weighted by molar-refractivity contribution is -0.151. The van der Waals surface area contributed by atoms with E-state index in [4.69, 9.17) is 0 Å². The highest BCUT2D eigenvalue weighted by molar-refractivity contribution is 5.80. The molecule has 0 saturated heterocycles. The molecule has 0 fully saturated rings. The lowest BCUT2D eigenvalue weighted by Crippen LogP contribution is -2.50. The Balaban J connectivity index is 3.51. The van der Waals surface area contributed by atoms with Crippen LogP contribution in [0.5, 0.6) is 0 Å². The molecule has 0 aliphatic rings. The smallest absolute Gasteiger partial charge is 0.328 e. The first-order valence-electron chi connectivity index (χ1n) is 6.23. The molecule has 3 nitrogen and oxygen atoms in total. The van der Waals surface area contributed by atoms with Crippen molar-refractivity contribution in [2.75, 3.05) is 13.1 Å². The Hall–Kier alpha value is -1.49. The van der Waals surface area contributed by atoms with Crippen LogP contribution >= 0.6 is 0 Å². The summed E-state index contributed by atoms with van der Waals surface area (Å²) < 4.78 is 27.7. The van der Waals surface area contributed by atoms with E-state index in [0.29, 0.717) is 13.1 Å². The largest absolute Gasteiger partial charge is 0.480 e. The number of halogens is 2. The van der Waals surface area contributed by atoms with Crippen LogP contribution in [-0.2, 0) is 10.3 Å². The van der Waals surface area contributed by atoms with Crippen LogP contribution in [0.15, 0.2) is 12.1 Å². The predicted octanol–water partition coefficient (Wildman–Crippen LogP) is 2.91. The fourth-order valence-electron chi connectivity index (χ4n) is 2.30. The summed E-state index contributed by atoms with van der Waals surface area (Å²) in [6.45, 7) is 7.26. The van der Waals surface area contributed by atoms with Crippen molar-refractivity contribution in [2.45, 2.75) is 33.2 Å². The molecule has 0 spiro atoms. The lowest BCUT2D eigenvalue weighted by Gasteiger charge is -2.37. The SMILES string of the molecule is CCN(CC)C(C)(C(=O)O)c1cc(F)c(C)cc1F. The van der Waals surface area contributed by atoms with E-state index >= 15 is 0 Å². The minimum Gasteiger partial charge on any atom is -0.480 e. The number of carboxylic acids is 1. The monoisotopic (exact) mass is 271 g/mol. The minimum absolute atomic E-state index is 0.146. The summed E-state index contributed by atoms with van der Waals surface area (Å²) in [7, 11) is 0. The molecular formula is C14H19F2NO2. The Kier molecular flexibility index (Phi) is 4.63. The number of nitrogens with zero attached hydrogens (tertiary/aromatic N) is 1. The van der Waals surface area contributed by atoms with E-state index in [9.17, 15) is 18.7 Å². The van der Waals surface area contributed by atoms with Crippen molar-refractivity contribution < 1.29 is 18.7 Å². The van der Waals surface area contributed by atoms with E-state index < -0.39 is 23.1 Å². The van der Waals surface area contributed by atoms with Gasteiger partial charge in [0.15, 0.2) is 0 Å². The van der Waals surface area contributed by atoms with Gasteiger partial charge in [-0.2, -0.15) is 0 Å². The third-order valence-electron chi connectivity index (χ3n) is 3.59. The number of aryl methyl sites for hydroxylation is 1. The van der Waals surface area contributed by atoms with E-state index in [1.165, 1.54) is 13.8 Å². The summed E-state index contributed by atoms with van der Waals surface area (Å²) >= 11 is 0. The van der Waals surface area contributed by atoms with Crippen LogP contribution < -0.4 is 0 Å². The number of benzene rings is 1. The van der Waals surface area contributed by atoms with Crippen molar-refractivity contribution in [2.24, 2.45) is 0 Å². The van der Waals surface area contributed by atoms with Crippen LogP contribution in [0.1, 0.15) is 31.9 Å².